The molecule has 0 aromatic heterocycles. The van der Waals surface area contributed by atoms with E-state index in [0.29, 0.717) is 0 Å². The Labute approximate surface area is 543 Å². The summed E-state index contributed by atoms with van der Waals surface area (Å²) in [6.07, 6.45) is 0. The van der Waals surface area contributed by atoms with Gasteiger partial charge >= 0.3 is 0 Å². The predicted octanol–water partition coefficient (Wildman–Crippen LogP) is 24.0. The number of hydrogen-bond acceptors (Lipinski definition) is 4. The summed E-state index contributed by atoms with van der Waals surface area (Å²) in [5.74, 6) is 0. The average molecular weight is 1220 g/mol. The lowest BCUT2D eigenvalue weighted by atomic mass is 9.88. The molecule has 0 aliphatic heterocycles. The summed E-state index contributed by atoms with van der Waals surface area (Å²) in [7, 11) is -3.19. The van der Waals surface area contributed by atoms with Gasteiger partial charge in [0.25, 0.3) is 0 Å². The Bertz CT molecular complexity index is 4710. The van der Waals surface area contributed by atoms with Crippen LogP contribution in [0.5, 0.6) is 0 Å². The first-order valence-corrected chi connectivity index (χ1v) is 39.1. The van der Waals surface area contributed by atoms with Crippen LogP contribution in [0, 0.1) is 0 Å². The largest absolute Gasteiger partial charge is 0.311 e. The molecule has 4 nitrogen and oxygen atoms in total. The van der Waals surface area contributed by atoms with Crippen molar-refractivity contribution in [2.45, 2.75) is 39.3 Å². The van der Waals surface area contributed by atoms with Crippen molar-refractivity contribution in [2.24, 2.45) is 0 Å². The predicted molar refractivity (Wildman–Crippen MR) is 403 cm³/mol. The molecule has 0 saturated heterocycles. The molecule has 0 spiro atoms. The third-order valence-corrected chi connectivity index (χ3v) is 22.4. The molecule has 0 radical (unpaired) electrons. The molecule has 0 N–H and O–H groups in total. The van der Waals surface area contributed by atoms with Crippen LogP contribution < -0.4 is 30.0 Å². The van der Waals surface area contributed by atoms with Gasteiger partial charge in [-0.25, -0.2) is 0 Å². The third kappa shape index (κ3) is 10.9. The van der Waals surface area contributed by atoms with Crippen LogP contribution in [0.4, 0.5) is 68.2 Å². The fourth-order valence-electron chi connectivity index (χ4n) is 13.6. The molecule has 0 saturated carbocycles. The second-order valence-electron chi connectivity index (χ2n) is 26.2. The monoisotopic (exact) mass is 1220 g/mol. The summed E-state index contributed by atoms with van der Waals surface area (Å²) in [4.78, 5) is 9.64. The number of anilines is 12. The molecule has 0 amide bonds. The lowest BCUT2D eigenvalue weighted by Crippen LogP contribution is -2.37. The maximum atomic E-state index is 2.47. The summed E-state index contributed by atoms with van der Waals surface area (Å²) < 4.78 is 0. The Balaban J connectivity index is 0.849. The van der Waals surface area contributed by atoms with E-state index in [4.69, 9.17) is 0 Å². The number of fused-ring (bicyclic) bond motifs is 2. The second-order valence-corrected chi connectivity index (χ2v) is 36.3. The summed E-state index contributed by atoms with van der Waals surface area (Å²) in [6, 6.07) is 121. The molecule has 0 heterocycles. The molecular formula is C86H72N4Si2. The first-order chi connectivity index (χ1) is 44.9. The van der Waals surface area contributed by atoms with Crippen molar-refractivity contribution in [3.05, 3.63) is 328 Å². The van der Waals surface area contributed by atoms with Crippen LogP contribution in [0.25, 0.3) is 65.3 Å². The Morgan fingerprint density at radius 1 is 0.174 bits per heavy atom. The van der Waals surface area contributed by atoms with E-state index in [-0.39, 0.29) is 0 Å². The van der Waals surface area contributed by atoms with Gasteiger partial charge in [-0.05, 0) is 188 Å². The van der Waals surface area contributed by atoms with E-state index in [2.05, 4.69) is 386 Å². The number of para-hydroxylation sites is 2. The Kier molecular flexibility index (Phi) is 15.0. The van der Waals surface area contributed by atoms with Crippen LogP contribution in [0.3, 0.4) is 0 Å². The van der Waals surface area contributed by atoms with Crippen molar-refractivity contribution in [1.82, 2.24) is 0 Å². The van der Waals surface area contributed by atoms with Gasteiger partial charge in [-0.2, -0.15) is 0 Å². The number of benzene rings is 15. The molecule has 15 rings (SSSR count). The van der Waals surface area contributed by atoms with Crippen molar-refractivity contribution in [3.63, 3.8) is 0 Å². The molecule has 0 unspecified atom stereocenters. The minimum Gasteiger partial charge on any atom is -0.311 e. The molecule has 444 valence electrons. The van der Waals surface area contributed by atoms with E-state index in [1.54, 1.807) is 0 Å². The zero-order chi connectivity index (χ0) is 62.5. The van der Waals surface area contributed by atoms with Crippen LogP contribution in [-0.2, 0) is 0 Å². The highest BCUT2D eigenvalue weighted by molar-refractivity contribution is 6.89. The molecule has 0 bridgehead atoms. The molecule has 0 aliphatic rings. The van der Waals surface area contributed by atoms with Crippen LogP contribution in [0.1, 0.15) is 0 Å². The average Bonchev–Trinajstić information content (AvgIpc) is 0.711. The van der Waals surface area contributed by atoms with Crippen molar-refractivity contribution >= 4 is 138 Å². The molecule has 15 aromatic carbocycles. The minimum atomic E-state index is -1.60. The lowest BCUT2D eigenvalue weighted by molar-refractivity contribution is 1.26. The van der Waals surface area contributed by atoms with E-state index in [0.717, 1.165) is 68.2 Å². The van der Waals surface area contributed by atoms with E-state index in [1.165, 1.54) is 75.7 Å². The van der Waals surface area contributed by atoms with Crippen LogP contribution >= 0.6 is 0 Å². The number of hydrogen-bond donors (Lipinski definition) is 0. The number of rotatable bonds is 16. The van der Waals surface area contributed by atoms with Gasteiger partial charge in [0.15, 0.2) is 0 Å². The molecule has 15 aromatic rings. The van der Waals surface area contributed by atoms with Crippen LogP contribution in [0.15, 0.2) is 328 Å². The van der Waals surface area contributed by atoms with Gasteiger partial charge in [0, 0.05) is 67.6 Å². The van der Waals surface area contributed by atoms with E-state index in [1.807, 2.05) is 0 Å². The van der Waals surface area contributed by atoms with Gasteiger partial charge in [-0.3, -0.25) is 0 Å². The third-order valence-electron chi connectivity index (χ3n) is 18.3. The van der Waals surface area contributed by atoms with Gasteiger partial charge in [-0.15, -0.1) is 0 Å². The highest BCUT2D eigenvalue weighted by Crippen LogP contribution is 2.50. The van der Waals surface area contributed by atoms with Crippen molar-refractivity contribution in [3.8, 4) is 22.3 Å². The van der Waals surface area contributed by atoms with E-state index in [9.17, 15) is 0 Å². The van der Waals surface area contributed by atoms with Gasteiger partial charge in [0.05, 0.1) is 27.5 Å². The minimum absolute atomic E-state index is 1.08. The molecule has 0 fully saturated rings. The summed E-state index contributed by atoms with van der Waals surface area (Å²) >= 11 is 0. The summed E-state index contributed by atoms with van der Waals surface area (Å²) in [5.41, 5.74) is 18.0. The van der Waals surface area contributed by atoms with E-state index >= 15 is 0 Å². The second kappa shape index (κ2) is 23.9. The summed E-state index contributed by atoms with van der Waals surface area (Å²) in [6.45, 7) is 14.5. The van der Waals surface area contributed by atoms with Gasteiger partial charge in [0.1, 0.15) is 0 Å². The summed E-state index contributed by atoms with van der Waals surface area (Å²) in [5, 5.41) is 12.8. The lowest BCUT2D eigenvalue weighted by Gasteiger charge is -2.31. The van der Waals surface area contributed by atoms with Gasteiger partial charge < -0.3 is 19.6 Å². The quantitative estimate of drug-likeness (QED) is 0.0543. The van der Waals surface area contributed by atoms with Crippen LogP contribution in [0.2, 0.25) is 39.3 Å². The topological polar surface area (TPSA) is 13.0 Å². The fraction of sp³-hybridized carbons (Fsp3) is 0.0698. The SMILES string of the molecule is C[Si](C)(C)c1ccc(N(c2ccc(N(c3ccccc3)c3ccc(-c4ccccc4)cc3)cc2)c2ccc3c4cccc5c(N(c6ccc(N(c7ccccc7)c7ccc(-c8ccccc8)cc7)cc6)c6ccc([Si](C)(C)C)cc6)ccc(c6cccc2c63)c54)cc1. The highest BCUT2D eigenvalue weighted by atomic mass is 28.3. The molecule has 0 aliphatic carbocycles. The van der Waals surface area contributed by atoms with Crippen molar-refractivity contribution in [2.75, 3.05) is 19.6 Å². The Hall–Kier alpha value is -10.8. The normalized spacial score (nSPS) is 11.8. The maximum absolute atomic E-state index is 2.47. The first-order valence-electron chi connectivity index (χ1n) is 32.1. The molecular weight excluding hydrogens is 1150 g/mol. The smallest absolute Gasteiger partial charge is 0.0775 e. The number of nitrogens with zero attached hydrogens (tertiary/aromatic N) is 4. The van der Waals surface area contributed by atoms with E-state index < -0.39 is 16.1 Å². The van der Waals surface area contributed by atoms with Crippen molar-refractivity contribution in [1.29, 1.82) is 0 Å². The zero-order valence-electron chi connectivity index (χ0n) is 53.0. The van der Waals surface area contributed by atoms with Crippen molar-refractivity contribution < 1.29 is 0 Å². The molecule has 92 heavy (non-hydrogen) atoms. The Morgan fingerprint density at radius 3 is 0.707 bits per heavy atom. The van der Waals surface area contributed by atoms with Gasteiger partial charge in [-0.1, -0.05) is 244 Å². The zero-order valence-corrected chi connectivity index (χ0v) is 55.0. The first kappa shape index (κ1) is 57.7. The molecule has 6 heteroatoms. The molecule has 0 atom stereocenters. The Morgan fingerprint density at radius 2 is 0.402 bits per heavy atom. The van der Waals surface area contributed by atoms with Gasteiger partial charge in [0.2, 0.25) is 0 Å². The fourth-order valence-corrected chi connectivity index (χ4v) is 15.9. The maximum Gasteiger partial charge on any atom is 0.0775 e. The standard InChI is InChI=1S/C86H72N4Si2/c1-91(2,3)75-53-49-73(50-54-75)89(71-45-41-69(42-46-71)87(65-25-15-9-16-26-65)67-37-33-63(34-38-67)61-21-11-7-12-22-61)83-59-57-79-78-30-20-32-82-84(60-58-80(86(78)82)77-29-19-31-81(83)85(77)79)90(74-51-55-76(56-52-74)92(4,5)6)72-47-43-70(44-48-72)88(66-27-17-10-18-28-66)68-39-35-64(36-40-68)62-23-13-8-14-24-62/h7-60H,1-6H3. The highest BCUT2D eigenvalue weighted by Gasteiger charge is 2.26. The van der Waals surface area contributed by atoms with Crippen LogP contribution in [-0.4, -0.2) is 16.1 Å².